The highest BCUT2D eigenvalue weighted by Crippen LogP contribution is 2.28. The Hall–Kier alpha value is -1.46. The minimum atomic E-state index is -0.646. The second-order valence-electron chi connectivity index (χ2n) is 4.66. The Bertz CT molecular complexity index is 634. The van der Waals surface area contributed by atoms with Gasteiger partial charge in [0.05, 0.1) is 10.0 Å². The van der Waals surface area contributed by atoms with Crippen LogP contribution >= 0.6 is 15.9 Å². The van der Waals surface area contributed by atoms with Crippen molar-refractivity contribution in [1.82, 2.24) is 0 Å². The minimum Gasteiger partial charge on any atom is -0.488 e. The average molecular weight is 356 g/mol. The van der Waals surface area contributed by atoms with Gasteiger partial charge < -0.3 is 10.5 Å². The zero-order chi connectivity index (χ0) is 15.4. The number of ether oxygens (including phenoxy) is 1. The lowest BCUT2D eigenvalue weighted by molar-refractivity contribution is 0.287. The molecule has 0 saturated carbocycles. The number of hydrogen-bond acceptors (Lipinski definition) is 2. The predicted molar refractivity (Wildman–Crippen MR) is 82.1 cm³/mol. The van der Waals surface area contributed by atoms with E-state index in [2.05, 4.69) is 15.9 Å². The van der Waals surface area contributed by atoms with E-state index in [9.17, 15) is 8.78 Å². The van der Waals surface area contributed by atoms with E-state index in [0.717, 1.165) is 12.0 Å². The van der Waals surface area contributed by atoms with Crippen LogP contribution in [0.2, 0.25) is 0 Å². The molecule has 21 heavy (non-hydrogen) atoms. The summed E-state index contributed by atoms with van der Waals surface area (Å²) in [5, 5.41) is 0. The molecule has 0 amide bonds. The summed E-state index contributed by atoms with van der Waals surface area (Å²) >= 11 is 3.04. The minimum absolute atomic E-state index is 0.107. The molecule has 0 aliphatic heterocycles. The van der Waals surface area contributed by atoms with Crippen molar-refractivity contribution in [2.45, 2.75) is 26.0 Å². The van der Waals surface area contributed by atoms with Crippen molar-refractivity contribution in [3.63, 3.8) is 0 Å². The first kappa shape index (κ1) is 15.9. The molecule has 0 aliphatic rings. The molecule has 0 aliphatic carbocycles. The van der Waals surface area contributed by atoms with E-state index in [1.54, 1.807) is 12.1 Å². The molecule has 0 saturated heterocycles. The Morgan fingerprint density at radius 2 is 1.90 bits per heavy atom. The highest BCUT2D eigenvalue weighted by molar-refractivity contribution is 9.10. The molecular formula is C16H16BrF2NO. The van der Waals surface area contributed by atoms with Crippen LogP contribution in [0.3, 0.4) is 0 Å². The van der Waals surface area contributed by atoms with Crippen molar-refractivity contribution in [2.24, 2.45) is 5.73 Å². The van der Waals surface area contributed by atoms with Crippen LogP contribution in [0.15, 0.2) is 40.9 Å². The molecule has 112 valence electrons. The summed E-state index contributed by atoms with van der Waals surface area (Å²) in [6.07, 6.45) is 0.750. The first-order valence-electron chi connectivity index (χ1n) is 6.64. The van der Waals surface area contributed by atoms with Crippen molar-refractivity contribution < 1.29 is 13.5 Å². The summed E-state index contributed by atoms with van der Waals surface area (Å²) in [5.41, 5.74) is 6.73. The zero-order valence-corrected chi connectivity index (χ0v) is 13.2. The Morgan fingerprint density at radius 3 is 2.62 bits per heavy atom. The molecule has 0 heterocycles. The Kier molecular flexibility index (Phi) is 5.31. The molecule has 5 heteroatoms. The van der Waals surface area contributed by atoms with Crippen LogP contribution in [0.5, 0.6) is 5.75 Å². The first-order chi connectivity index (χ1) is 10.0. The third kappa shape index (κ3) is 3.60. The van der Waals surface area contributed by atoms with Crippen LogP contribution < -0.4 is 10.5 Å². The highest BCUT2D eigenvalue weighted by Gasteiger charge is 2.15. The third-order valence-electron chi connectivity index (χ3n) is 3.27. The molecule has 2 aromatic rings. The van der Waals surface area contributed by atoms with Crippen LogP contribution in [-0.4, -0.2) is 0 Å². The van der Waals surface area contributed by atoms with Crippen molar-refractivity contribution in [2.75, 3.05) is 0 Å². The van der Waals surface area contributed by atoms with Crippen LogP contribution in [-0.2, 0) is 6.61 Å². The molecule has 0 bridgehead atoms. The Balaban J connectivity index is 2.23. The van der Waals surface area contributed by atoms with E-state index in [1.807, 2.05) is 19.1 Å². The van der Waals surface area contributed by atoms with Gasteiger partial charge in [-0.3, -0.25) is 0 Å². The maximum absolute atomic E-state index is 13.9. The maximum atomic E-state index is 13.9. The molecule has 2 nitrogen and oxygen atoms in total. The molecule has 0 radical (unpaired) electrons. The van der Waals surface area contributed by atoms with E-state index in [-0.39, 0.29) is 22.7 Å². The summed E-state index contributed by atoms with van der Waals surface area (Å²) in [5.74, 6) is -0.731. The quantitative estimate of drug-likeness (QED) is 0.787. The van der Waals surface area contributed by atoms with Gasteiger partial charge in [0, 0.05) is 11.6 Å². The zero-order valence-electron chi connectivity index (χ0n) is 11.6. The summed E-state index contributed by atoms with van der Waals surface area (Å²) in [7, 11) is 0. The Morgan fingerprint density at radius 1 is 1.19 bits per heavy atom. The fourth-order valence-electron chi connectivity index (χ4n) is 1.99. The van der Waals surface area contributed by atoms with Crippen molar-refractivity contribution in [3.8, 4) is 5.75 Å². The van der Waals surface area contributed by atoms with Gasteiger partial charge in [-0.25, -0.2) is 8.78 Å². The molecule has 1 atom stereocenters. The molecule has 0 aromatic heterocycles. The topological polar surface area (TPSA) is 35.2 Å². The van der Waals surface area contributed by atoms with Crippen LogP contribution in [0.25, 0.3) is 0 Å². The lowest BCUT2D eigenvalue weighted by Gasteiger charge is -2.16. The number of rotatable bonds is 5. The van der Waals surface area contributed by atoms with E-state index < -0.39 is 11.6 Å². The number of para-hydroxylation sites is 1. The predicted octanol–water partition coefficient (Wildman–Crippen LogP) is 4.72. The highest BCUT2D eigenvalue weighted by atomic mass is 79.9. The fraction of sp³-hybridized carbons (Fsp3) is 0.250. The summed E-state index contributed by atoms with van der Waals surface area (Å²) < 4.78 is 33.4. The van der Waals surface area contributed by atoms with Gasteiger partial charge in [0.25, 0.3) is 0 Å². The van der Waals surface area contributed by atoms with Gasteiger partial charge in [0.2, 0.25) is 0 Å². The van der Waals surface area contributed by atoms with Gasteiger partial charge in [-0.15, -0.1) is 0 Å². The largest absolute Gasteiger partial charge is 0.488 e. The SMILES string of the molecule is CCC(N)c1ccccc1OCc1c(F)ccc(Br)c1F. The van der Waals surface area contributed by atoms with Gasteiger partial charge in [0.15, 0.2) is 0 Å². The average Bonchev–Trinajstić information content (AvgIpc) is 2.50. The third-order valence-corrected chi connectivity index (χ3v) is 3.88. The monoisotopic (exact) mass is 355 g/mol. The normalized spacial score (nSPS) is 12.2. The van der Waals surface area contributed by atoms with Crippen LogP contribution in [0.1, 0.15) is 30.5 Å². The van der Waals surface area contributed by atoms with Crippen molar-refractivity contribution >= 4 is 15.9 Å². The smallest absolute Gasteiger partial charge is 0.146 e. The van der Waals surface area contributed by atoms with Gasteiger partial charge in [-0.05, 0) is 40.5 Å². The van der Waals surface area contributed by atoms with Crippen LogP contribution in [0, 0.1) is 11.6 Å². The second-order valence-corrected chi connectivity index (χ2v) is 5.52. The lowest BCUT2D eigenvalue weighted by Crippen LogP contribution is -2.11. The van der Waals surface area contributed by atoms with E-state index in [4.69, 9.17) is 10.5 Å². The van der Waals surface area contributed by atoms with Gasteiger partial charge in [0.1, 0.15) is 24.0 Å². The first-order valence-corrected chi connectivity index (χ1v) is 7.43. The van der Waals surface area contributed by atoms with Crippen LogP contribution in [0.4, 0.5) is 8.78 Å². The van der Waals surface area contributed by atoms with Gasteiger partial charge in [-0.2, -0.15) is 0 Å². The summed E-state index contributed by atoms with van der Waals surface area (Å²) in [6.45, 7) is 1.78. The molecule has 2 rings (SSSR count). The maximum Gasteiger partial charge on any atom is 0.146 e. The number of halogens is 3. The standard InChI is InChI=1S/C16H16BrF2NO/c1-2-14(20)10-5-3-4-6-15(10)21-9-11-13(18)8-7-12(17)16(11)19/h3-8,14H,2,9,20H2,1H3. The van der Waals surface area contributed by atoms with E-state index in [1.165, 1.54) is 12.1 Å². The molecule has 2 N–H and O–H groups in total. The second kappa shape index (κ2) is 7.00. The van der Waals surface area contributed by atoms with E-state index >= 15 is 0 Å². The Labute approximate surface area is 131 Å². The molecular weight excluding hydrogens is 340 g/mol. The van der Waals surface area contributed by atoms with Gasteiger partial charge >= 0.3 is 0 Å². The van der Waals surface area contributed by atoms with Crippen molar-refractivity contribution in [3.05, 3.63) is 63.6 Å². The number of hydrogen-bond donors (Lipinski definition) is 1. The molecule has 1 unspecified atom stereocenters. The summed E-state index contributed by atoms with van der Waals surface area (Å²) in [4.78, 5) is 0. The molecule has 0 spiro atoms. The number of benzene rings is 2. The fourth-order valence-corrected chi connectivity index (χ4v) is 2.36. The molecule has 2 aromatic carbocycles. The number of nitrogens with two attached hydrogens (primary N) is 1. The van der Waals surface area contributed by atoms with E-state index in [0.29, 0.717) is 5.75 Å². The molecule has 0 fully saturated rings. The van der Waals surface area contributed by atoms with Gasteiger partial charge in [-0.1, -0.05) is 25.1 Å². The van der Waals surface area contributed by atoms with Crippen molar-refractivity contribution in [1.29, 1.82) is 0 Å². The lowest BCUT2D eigenvalue weighted by atomic mass is 10.0. The summed E-state index contributed by atoms with van der Waals surface area (Å²) in [6, 6.07) is 9.63.